The molecule has 0 unspecified atom stereocenters. The molecule has 2 atom stereocenters. The molecule has 2 aromatic rings. The lowest BCUT2D eigenvalue weighted by Crippen LogP contribution is -2.44. The molecule has 4 heterocycles. The number of hydrogen-bond donors (Lipinski definition) is 0. The minimum atomic E-state index is 0.135. The third kappa shape index (κ3) is 3.01. The molecule has 5 heteroatoms. The number of nitrogens with zero attached hydrogens (tertiary/aromatic N) is 3. The number of pyridine rings is 1. The Morgan fingerprint density at radius 3 is 2.96 bits per heavy atom. The molecule has 2 aromatic heterocycles. The number of fused-ring (bicyclic) bond motifs is 1. The summed E-state index contributed by atoms with van der Waals surface area (Å²) in [5.41, 5.74) is 1.10. The van der Waals surface area contributed by atoms with Gasteiger partial charge in [0, 0.05) is 38.6 Å². The second-order valence-corrected chi connectivity index (χ2v) is 6.55. The summed E-state index contributed by atoms with van der Waals surface area (Å²) in [6.07, 6.45) is 6.41. The molecule has 2 fully saturated rings. The molecular formula is C18H21N3O2. The molecule has 4 rings (SSSR count). The zero-order valence-electron chi connectivity index (χ0n) is 13.1. The second kappa shape index (κ2) is 6.16. The van der Waals surface area contributed by atoms with Crippen LogP contribution in [0.4, 0.5) is 0 Å². The molecule has 120 valence electrons. The normalized spacial score (nSPS) is 24.9. The lowest BCUT2D eigenvalue weighted by Gasteiger charge is -2.33. The van der Waals surface area contributed by atoms with Crippen LogP contribution in [0.3, 0.4) is 0 Å². The van der Waals surface area contributed by atoms with E-state index >= 15 is 0 Å². The van der Waals surface area contributed by atoms with Gasteiger partial charge in [0.1, 0.15) is 5.76 Å². The van der Waals surface area contributed by atoms with E-state index in [9.17, 15) is 4.79 Å². The molecule has 0 aromatic carbocycles. The summed E-state index contributed by atoms with van der Waals surface area (Å²) < 4.78 is 5.43. The summed E-state index contributed by atoms with van der Waals surface area (Å²) in [7, 11) is 0. The van der Waals surface area contributed by atoms with Crippen molar-refractivity contribution in [1.29, 1.82) is 0 Å². The minimum absolute atomic E-state index is 0.135. The van der Waals surface area contributed by atoms with E-state index in [1.54, 1.807) is 12.5 Å². The Bertz CT molecular complexity index is 656. The van der Waals surface area contributed by atoms with Crippen molar-refractivity contribution in [2.45, 2.75) is 19.5 Å². The molecule has 23 heavy (non-hydrogen) atoms. The lowest BCUT2D eigenvalue weighted by molar-refractivity contribution is -0.140. The van der Waals surface area contributed by atoms with Crippen LogP contribution >= 0.6 is 0 Å². The van der Waals surface area contributed by atoms with Gasteiger partial charge in [0.05, 0.1) is 18.7 Å². The van der Waals surface area contributed by atoms with E-state index < -0.39 is 0 Å². The first-order chi connectivity index (χ1) is 11.3. The smallest absolute Gasteiger partial charge is 0.227 e. The number of aromatic nitrogens is 1. The monoisotopic (exact) mass is 311 g/mol. The van der Waals surface area contributed by atoms with Gasteiger partial charge in [-0.3, -0.25) is 14.7 Å². The van der Waals surface area contributed by atoms with Gasteiger partial charge in [-0.2, -0.15) is 0 Å². The summed E-state index contributed by atoms with van der Waals surface area (Å²) >= 11 is 0. The fourth-order valence-electron chi connectivity index (χ4n) is 3.82. The standard InChI is InChI=1S/C18H21N3O2/c22-18-17-13-20(12-16-4-2-8-23-16)11-15(17)5-7-21(18)10-14-3-1-6-19-9-14/h1-4,6,8-9,15,17H,5,7,10-13H2/t15-,17-/m1/s1. The minimum Gasteiger partial charge on any atom is -0.468 e. The number of rotatable bonds is 4. The molecule has 0 spiro atoms. The summed E-state index contributed by atoms with van der Waals surface area (Å²) in [6.45, 7) is 4.17. The largest absolute Gasteiger partial charge is 0.468 e. The van der Waals surface area contributed by atoms with Crippen LogP contribution in [0.1, 0.15) is 17.7 Å². The van der Waals surface area contributed by atoms with E-state index in [1.807, 2.05) is 35.4 Å². The molecule has 0 radical (unpaired) electrons. The Morgan fingerprint density at radius 1 is 1.22 bits per heavy atom. The van der Waals surface area contributed by atoms with Crippen LogP contribution < -0.4 is 0 Å². The average Bonchev–Trinajstić information content (AvgIpc) is 3.21. The molecule has 2 aliphatic heterocycles. The van der Waals surface area contributed by atoms with Crippen LogP contribution in [0.25, 0.3) is 0 Å². The van der Waals surface area contributed by atoms with Gasteiger partial charge in [0.15, 0.2) is 0 Å². The van der Waals surface area contributed by atoms with Gasteiger partial charge >= 0.3 is 0 Å². The fraction of sp³-hybridized carbons (Fsp3) is 0.444. The molecule has 2 saturated heterocycles. The maximum absolute atomic E-state index is 12.8. The van der Waals surface area contributed by atoms with Gasteiger partial charge in [-0.05, 0) is 36.1 Å². The number of likely N-dealkylation sites (tertiary alicyclic amines) is 2. The zero-order chi connectivity index (χ0) is 15.6. The van der Waals surface area contributed by atoms with Gasteiger partial charge in [0.25, 0.3) is 0 Å². The SMILES string of the molecule is O=C1[C@@H]2CN(Cc3ccco3)C[C@H]2CCN1Cc1cccnc1. The van der Waals surface area contributed by atoms with Gasteiger partial charge in [-0.25, -0.2) is 0 Å². The third-order valence-electron chi connectivity index (χ3n) is 4.97. The summed E-state index contributed by atoms with van der Waals surface area (Å²) in [5.74, 6) is 1.90. The summed E-state index contributed by atoms with van der Waals surface area (Å²) in [5, 5.41) is 0. The lowest BCUT2D eigenvalue weighted by atomic mass is 9.88. The Morgan fingerprint density at radius 2 is 2.17 bits per heavy atom. The molecule has 5 nitrogen and oxygen atoms in total. The van der Waals surface area contributed by atoms with E-state index in [-0.39, 0.29) is 5.92 Å². The topological polar surface area (TPSA) is 49.6 Å². The van der Waals surface area contributed by atoms with Crippen molar-refractivity contribution in [2.24, 2.45) is 11.8 Å². The Labute approximate surface area is 135 Å². The number of piperidine rings is 1. The van der Waals surface area contributed by atoms with E-state index in [0.717, 1.165) is 43.9 Å². The molecular weight excluding hydrogens is 290 g/mol. The molecule has 0 bridgehead atoms. The van der Waals surface area contributed by atoms with Crippen molar-refractivity contribution in [3.05, 3.63) is 54.2 Å². The highest BCUT2D eigenvalue weighted by atomic mass is 16.3. The summed E-state index contributed by atoms with van der Waals surface area (Å²) in [4.78, 5) is 21.3. The first kappa shape index (κ1) is 14.5. The maximum atomic E-state index is 12.8. The number of carbonyl (C=O) groups is 1. The first-order valence-corrected chi connectivity index (χ1v) is 8.22. The average molecular weight is 311 g/mol. The molecule has 0 N–H and O–H groups in total. The van der Waals surface area contributed by atoms with Crippen LogP contribution in [0.15, 0.2) is 47.3 Å². The van der Waals surface area contributed by atoms with Gasteiger partial charge in [-0.15, -0.1) is 0 Å². The number of amides is 1. The van der Waals surface area contributed by atoms with Gasteiger partial charge in [-0.1, -0.05) is 6.07 Å². The highest BCUT2D eigenvalue weighted by Crippen LogP contribution is 2.33. The fourth-order valence-corrected chi connectivity index (χ4v) is 3.82. The van der Waals surface area contributed by atoms with E-state index in [1.165, 1.54) is 0 Å². The van der Waals surface area contributed by atoms with E-state index in [0.29, 0.717) is 18.4 Å². The van der Waals surface area contributed by atoms with Gasteiger partial charge < -0.3 is 9.32 Å². The van der Waals surface area contributed by atoms with Crippen molar-refractivity contribution in [1.82, 2.24) is 14.8 Å². The van der Waals surface area contributed by atoms with Crippen molar-refractivity contribution in [3.8, 4) is 0 Å². The van der Waals surface area contributed by atoms with Crippen LogP contribution in [0, 0.1) is 11.8 Å². The van der Waals surface area contributed by atoms with Gasteiger partial charge in [0.2, 0.25) is 5.91 Å². The number of hydrogen-bond acceptors (Lipinski definition) is 4. The van der Waals surface area contributed by atoms with Crippen LogP contribution in [-0.2, 0) is 17.9 Å². The quantitative estimate of drug-likeness (QED) is 0.868. The predicted molar refractivity (Wildman–Crippen MR) is 85.2 cm³/mol. The van der Waals surface area contributed by atoms with Crippen molar-refractivity contribution in [2.75, 3.05) is 19.6 Å². The summed E-state index contributed by atoms with van der Waals surface area (Å²) in [6, 6.07) is 7.87. The Kier molecular flexibility index (Phi) is 3.87. The zero-order valence-corrected chi connectivity index (χ0v) is 13.1. The second-order valence-electron chi connectivity index (χ2n) is 6.55. The molecule has 0 aliphatic carbocycles. The van der Waals surface area contributed by atoms with Crippen molar-refractivity contribution >= 4 is 5.91 Å². The van der Waals surface area contributed by atoms with Crippen LogP contribution in [0.5, 0.6) is 0 Å². The van der Waals surface area contributed by atoms with Crippen LogP contribution in [-0.4, -0.2) is 40.3 Å². The molecule has 1 amide bonds. The number of furan rings is 1. The van der Waals surface area contributed by atoms with Crippen molar-refractivity contribution < 1.29 is 9.21 Å². The van der Waals surface area contributed by atoms with E-state index in [4.69, 9.17) is 4.42 Å². The molecule has 0 saturated carbocycles. The Balaban J connectivity index is 1.40. The van der Waals surface area contributed by atoms with Crippen molar-refractivity contribution in [3.63, 3.8) is 0 Å². The maximum Gasteiger partial charge on any atom is 0.227 e. The highest BCUT2D eigenvalue weighted by Gasteiger charge is 2.42. The highest BCUT2D eigenvalue weighted by molar-refractivity contribution is 5.80. The number of carbonyl (C=O) groups excluding carboxylic acids is 1. The first-order valence-electron chi connectivity index (χ1n) is 8.22. The third-order valence-corrected chi connectivity index (χ3v) is 4.97. The predicted octanol–water partition coefficient (Wildman–Crippen LogP) is 2.16. The van der Waals surface area contributed by atoms with E-state index in [2.05, 4.69) is 9.88 Å². The molecule has 2 aliphatic rings. The Hall–Kier alpha value is -2.14. The van der Waals surface area contributed by atoms with Crippen LogP contribution in [0.2, 0.25) is 0 Å².